The minimum Gasteiger partial charge on any atom is -0.236 e. The zero-order valence-corrected chi connectivity index (χ0v) is 12.2. The first kappa shape index (κ1) is 16.9. The van der Waals surface area contributed by atoms with Crippen molar-refractivity contribution in [2.45, 2.75) is 91.1 Å². The Morgan fingerprint density at radius 3 is 2.00 bits per heavy atom. The predicted molar refractivity (Wildman–Crippen MR) is 74.0 cm³/mol. The SMILES string of the molecule is CCCCCCC(CCCC)OOCCCC. The Bertz CT molecular complexity index is 125. The van der Waals surface area contributed by atoms with Crippen molar-refractivity contribution in [3.05, 3.63) is 0 Å². The first-order chi connectivity index (χ1) is 8.35. The van der Waals surface area contributed by atoms with Gasteiger partial charge in [0.15, 0.2) is 0 Å². The molecular formula is C15H32O2. The van der Waals surface area contributed by atoms with Crippen LogP contribution < -0.4 is 0 Å². The first-order valence-corrected chi connectivity index (χ1v) is 7.63. The van der Waals surface area contributed by atoms with Gasteiger partial charge < -0.3 is 0 Å². The van der Waals surface area contributed by atoms with Crippen LogP contribution in [0.1, 0.15) is 85.0 Å². The van der Waals surface area contributed by atoms with Gasteiger partial charge in [0.25, 0.3) is 0 Å². The van der Waals surface area contributed by atoms with E-state index in [4.69, 9.17) is 9.78 Å². The van der Waals surface area contributed by atoms with Gasteiger partial charge in [-0.1, -0.05) is 65.7 Å². The molecule has 1 unspecified atom stereocenters. The molecule has 1 atom stereocenters. The lowest BCUT2D eigenvalue weighted by Crippen LogP contribution is -2.14. The molecule has 0 rings (SSSR count). The molecule has 0 aliphatic heterocycles. The fourth-order valence-electron chi connectivity index (χ4n) is 1.82. The summed E-state index contributed by atoms with van der Waals surface area (Å²) < 4.78 is 0. The van der Waals surface area contributed by atoms with Crippen molar-refractivity contribution in [3.8, 4) is 0 Å². The molecule has 17 heavy (non-hydrogen) atoms. The molecule has 0 spiro atoms. The summed E-state index contributed by atoms with van der Waals surface area (Å²) in [5.74, 6) is 0. The average Bonchev–Trinajstić information content (AvgIpc) is 2.35. The third kappa shape index (κ3) is 12.2. The lowest BCUT2D eigenvalue weighted by Gasteiger charge is -2.16. The van der Waals surface area contributed by atoms with Gasteiger partial charge >= 0.3 is 0 Å². The van der Waals surface area contributed by atoms with E-state index < -0.39 is 0 Å². The van der Waals surface area contributed by atoms with Crippen LogP contribution in [0.3, 0.4) is 0 Å². The van der Waals surface area contributed by atoms with Gasteiger partial charge in [0.05, 0.1) is 12.7 Å². The quantitative estimate of drug-likeness (QED) is 0.250. The van der Waals surface area contributed by atoms with Crippen molar-refractivity contribution in [2.75, 3.05) is 6.61 Å². The lowest BCUT2D eigenvalue weighted by molar-refractivity contribution is -0.326. The molecule has 104 valence electrons. The van der Waals surface area contributed by atoms with Crippen molar-refractivity contribution in [3.63, 3.8) is 0 Å². The van der Waals surface area contributed by atoms with E-state index >= 15 is 0 Å². The molecule has 0 aromatic carbocycles. The van der Waals surface area contributed by atoms with E-state index in [1.165, 1.54) is 44.9 Å². The smallest absolute Gasteiger partial charge is 0.0930 e. The third-order valence-electron chi connectivity index (χ3n) is 3.04. The molecule has 0 radical (unpaired) electrons. The van der Waals surface area contributed by atoms with E-state index in [1.807, 2.05) is 0 Å². The van der Waals surface area contributed by atoms with Crippen molar-refractivity contribution < 1.29 is 9.78 Å². The Morgan fingerprint density at radius 1 is 0.706 bits per heavy atom. The summed E-state index contributed by atoms with van der Waals surface area (Å²) in [4.78, 5) is 10.8. The summed E-state index contributed by atoms with van der Waals surface area (Å²) in [7, 11) is 0. The predicted octanol–water partition coefficient (Wildman–Crippen LogP) is 5.26. The average molecular weight is 244 g/mol. The summed E-state index contributed by atoms with van der Waals surface area (Å²) in [5, 5.41) is 0. The lowest BCUT2D eigenvalue weighted by atomic mass is 10.0. The highest BCUT2D eigenvalue weighted by Gasteiger charge is 2.09. The minimum absolute atomic E-state index is 0.323. The molecule has 0 N–H and O–H groups in total. The molecule has 0 saturated carbocycles. The monoisotopic (exact) mass is 244 g/mol. The van der Waals surface area contributed by atoms with Gasteiger partial charge in [0, 0.05) is 0 Å². The molecule has 0 fully saturated rings. The van der Waals surface area contributed by atoms with Gasteiger partial charge in [-0.25, -0.2) is 9.78 Å². The number of unbranched alkanes of at least 4 members (excludes halogenated alkanes) is 5. The maximum absolute atomic E-state index is 5.53. The Balaban J connectivity index is 3.56. The molecular weight excluding hydrogens is 212 g/mol. The van der Waals surface area contributed by atoms with E-state index in [0.717, 1.165) is 25.9 Å². The maximum atomic E-state index is 5.53. The highest BCUT2D eigenvalue weighted by molar-refractivity contribution is 4.57. The van der Waals surface area contributed by atoms with Gasteiger partial charge in [-0.15, -0.1) is 0 Å². The van der Waals surface area contributed by atoms with E-state index in [9.17, 15) is 0 Å². The summed E-state index contributed by atoms with van der Waals surface area (Å²) >= 11 is 0. The van der Waals surface area contributed by atoms with Crippen LogP contribution in [0, 0.1) is 0 Å². The van der Waals surface area contributed by atoms with Crippen molar-refractivity contribution in [2.24, 2.45) is 0 Å². The highest BCUT2D eigenvalue weighted by atomic mass is 17.2. The highest BCUT2D eigenvalue weighted by Crippen LogP contribution is 2.14. The van der Waals surface area contributed by atoms with Gasteiger partial charge in [-0.3, -0.25) is 0 Å². The van der Waals surface area contributed by atoms with Crippen LogP contribution in [0.5, 0.6) is 0 Å². The molecule has 0 aromatic rings. The first-order valence-electron chi connectivity index (χ1n) is 7.63. The van der Waals surface area contributed by atoms with Gasteiger partial charge in [-0.2, -0.15) is 0 Å². The van der Waals surface area contributed by atoms with Crippen LogP contribution >= 0.6 is 0 Å². The molecule has 2 nitrogen and oxygen atoms in total. The largest absolute Gasteiger partial charge is 0.236 e. The minimum atomic E-state index is 0.323. The Hall–Kier alpha value is -0.0800. The number of hydrogen-bond acceptors (Lipinski definition) is 2. The van der Waals surface area contributed by atoms with Crippen molar-refractivity contribution in [1.82, 2.24) is 0 Å². The van der Waals surface area contributed by atoms with E-state index in [2.05, 4.69) is 20.8 Å². The number of hydrogen-bond donors (Lipinski definition) is 0. The second-order valence-electron chi connectivity index (χ2n) is 4.89. The van der Waals surface area contributed by atoms with Crippen LogP contribution in [0.25, 0.3) is 0 Å². The van der Waals surface area contributed by atoms with Crippen LogP contribution in [0.4, 0.5) is 0 Å². The molecule has 2 heteroatoms. The van der Waals surface area contributed by atoms with Crippen molar-refractivity contribution in [1.29, 1.82) is 0 Å². The van der Waals surface area contributed by atoms with Crippen molar-refractivity contribution >= 4 is 0 Å². The molecule has 0 aliphatic rings. The van der Waals surface area contributed by atoms with Gasteiger partial charge in [0.1, 0.15) is 0 Å². The standard InChI is InChI=1S/C15H32O2/c1-4-7-10-11-13-15(12-8-5-2)17-16-14-9-6-3/h15H,4-14H2,1-3H3. The topological polar surface area (TPSA) is 18.5 Å². The zero-order chi connectivity index (χ0) is 12.8. The van der Waals surface area contributed by atoms with Gasteiger partial charge in [0.2, 0.25) is 0 Å². The summed E-state index contributed by atoms with van der Waals surface area (Å²) in [5.41, 5.74) is 0. The third-order valence-corrected chi connectivity index (χ3v) is 3.04. The summed E-state index contributed by atoms with van der Waals surface area (Å²) in [6.45, 7) is 7.39. The van der Waals surface area contributed by atoms with Crippen LogP contribution in [0.2, 0.25) is 0 Å². The van der Waals surface area contributed by atoms with E-state index in [-0.39, 0.29) is 0 Å². The maximum Gasteiger partial charge on any atom is 0.0930 e. The van der Waals surface area contributed by atoms with Crippen LogP contribution in [-0.4, -0.2) is 12.7 Å². The van der Waals surface area contributed by atoms with Crippen LogP contribution in [-0.2, 0) is 9.78 Å². The normalized spacial score (nSPS) is 12.9. The fraction of sp³-hybridized carbons (Fsp3) is 1.00. The molecule has 0 amide bonds. The van der Waals surface area contributed by atoms with Crippen LogP contribution in [0.15, 0.2) is 0 Å². The van der Waals surface area contributed by atoms with E-state index in [0.29, 0.717) is 6.10 Å². The second kappa shape index (κ2) is 14.0. The van der Waals surface area contributed by atoms with Gasteiger partial charge in [-0.05, 0) is 19.3 Å². The Kier molecular flexibility index (Phi) is 13.9. The zero-order valence-electron chi connectivity index (χ0n) is 12.2. The molecule has 0 aromatic heterocycles. The Labute approximate surface area is 108 Å². The molecule has 0 heterocycles. The molecule has 0 saturated heterocycles. The number of rotatable bonds is 13. The Morgan fingerprint density at radius 2 is 1.35 bits per heavy atom. The molecule has 0 aliphatic carbocycles. The second-order valence-corrected chi connectivity index (χ2v) is 4.89. The van der Waals surface area contributed by atoms with E-state index in [1.54, 1.807) is 0 Å². The fourth-order valence-corrected chi connectivity index (χ4v) is 1.82. The summed E-state index contributed by atoms with van der Waals surface area (Å²) in [6.07, 6.45) is 12.6. The summed E-state index contributed by atoms with van der Waals surface area (Å²) in [6, 6.07) is 0. The molecule has 0 bridgehead atoms.